The first kappa shape index (κ1) is 28.8. The summed E-state index contributed by atoms with van der Waals surface area (Å²) in [6.07, 6.45) is 2.46. The molecule has 2 aliphatic rings. The first-order valence-corrected chi connectivity index (χ1v) is 15.6. The molecule has 2 heterocycles. The van der Waals surface area contributed by atoms with Crippen LogP contribution < -0.4 is 15.4 Å². The lowest BCUT2D eigenvalue weighted by atomic mass is 9.74. The number of nitrogens with one attached hydrogen (secondary N) is 1. The monoisotopic (exact) mass is 576 g/mol. The topological polar surface area (TPSA) is 122 Å². The first-order chi connectivity index (χ1) is 19.7. The van der Waals surface area contributed by atoms with Crippen LogP contribution in [0, 0.1) is 0 Å². The van der Waals surface area contributed by atoms with Gasteiger partial charge < -0.3 is 20.7 Å². The Bertz CT molecular complexity index is 1500. The van der Waals surface area contributed by atoms with Crippen LogP contribution in [0.2, 0.25) is 0 Å². The summed E-state index contributed by atoms with van der Waals surface area (Å²) in [5, 5.41) is 2.89. The van der Waals surface area contributed by atoms with Crippen LogP contribution in [-0.2, 0) is 38.1 Å². The summed E-state index contributed by atoms with van der Waals surface area (Å²) < 4.78 is 32.5. The number of nitrogens with zero attached hydrogens (tertiary/aromatic N) is 2. The molecule has 41 heavy (non-hydrogen) atoms. The summed E-state index contributed by atoms with van der Waals surface area (Å²) in [5.41, 5.74) is 9.33. The summed E-state index contributed by atoms with van der Waals surface area (Å²) in [6.45, 7) is 1.88. The molecule has 0 aliphatic carbocycles. The van der Waals surface area contributed by atoms with Gasteiger partial charge in [-0.25, -0.2) is 8.42 Å². The lowest BCUT2D eigenvalue weighted by Gasteiger charge is -2.40. The number of likely N-dealkylation sites (tertiary alicyclic amines) is 1. The van der Waals surface area contributed by atoms with Gasteiger partial charge in [0.15, 0.2) is 0 Å². The molecule has 3 N–H and O–H groups in total. The Balaban J connectivity index is 1.30. The molecule has 0 aromatic heterocycles. The van der Waals surface area contributed by atoms with Gasteiger partial charge in [-0.15, -0.1) is 0 Å². The molecule has 9 nitrogen and oxygen atoms in total. The highest BCUT2D eigenvalue weighted by Gasteiger charge is 2.47. The zero-order valence-corrected chi connectivity index (χ0v) is 24.0. The molecule has 0 radical (unpaired) electrons. The molecule has 1 saturated heterocycles. The standard InChI is InChI=1S/C31H36N4O5S/c1-41(38,39)35-22-31(26-12-5-6-13-28(26)35)14-16-34(17-15-31)30(37)27(21-40-20-23-8-3-2-4-9-23)33-29(36)25-11-7-10-24(18-25)19-32/h2-13,18,27H,14-17,19-22,32H2,1H3,(H,33,36)/t27-/m1/s1. The van der Waals surface area contributed by atoms with Gasteiger partial charge in [-0.2, -0.15) is 0 Å². The molecule has 2 amide bonds. The molecule has 2 aliphatic heterocycles. The maximum Gasteiger partial charge on any atom is 0.252 e. The van der Waals surface area contributed by atoms with Crippen molar-refractivity contribution in [2.24, 2.45) is 5.73 Å². The highest BCUT2D eigenvalue weighted by Crippen LogP contribution is 2.47. The van der Waals surface area contributed by atoms with E-state index in [-0.39, 0.29) is 23.8 Å². The molecule has 1 spiro atoms. The summed E-state index contributed by atoms with van der Waals surface area (Å²) in [5.74, 6) is -0.591. The van der Waals surface area contributed by atoms with Gasteiger partial charge in [0.2, 0.25) is 15.9 Å². The molecule has 5 rings (SSSR count). The minimum atomic E-state index is -3.43. The fourth-order valence-electron chi connectivity index (χ4n) is 5.81. The van der Waals surface area contributed by atoms with E-state index in [1.807, 2.05) is 60.7 Å². The third kappa shape index (κ3) is 6.29. The SMILES string of the molecule is CS(=O)(=O)N1CC2(CCN(C(=O)[C@@H](COCc3ccccc3)NC(=O)c3cccc(CN)c3)CC2)c2ccccc21. The maximum absolute atomic E-state index is 13.8. The number of ether oxygens (including phenoxy) is 1. The number of sulfonamides is 1. The Labute approximate surface area is 241 Å². The number of rotatable bonds is 9. The van der Waals surface area contributed by atoms with Crippen molar-refractivity contribution in [2.45, 2.75) is 37.5 Å². The number of hydrogen-bond acceptors (Lipinski definition) is 6. The van der Waals surface area contributed by atoms with E-state index in [9.17, 15) is 18.0 Å². The van der Waals surface area contributed by atoms with E-state index in [1.54, 1.807) is 23.1 Å². The van der Waals surface area contributed by atoms with E-state index in [0.717, 1.165) is 16.7 Å². The molecule has 3 aromatic carbocycles. The number of carbonyl (C=O) groups excluding carboxylic acids is 2. The number of anilines is 1. The normalized spacial score (nSPS) is 16.8. The fraction of sp³-hybridized carbons (Fsp3) is 0.355. The Hall–Kier alpha value is -3.73. The largest absolute Gasteiger partial charge is 0.374 e. The van der Waals surface area contributed by atoms with Crippen LogP contribution in [0.3, 0.4) is 0 Å². The second kappa shape index (κ2) is 12.0. The van der Waals surface area contributed by atoms with Crippen LogP contribution in [0.5, 0.6) is 0 Å². The fourth-order valence-corrected chi connectivity index (χ4v) is 6.81. The predicted molar refractivity (Wildman–Crippen MR) is 158 cm³/mol. The second-order valence-electron chi connectivity index (χ2n) is 10.8. The second-order valence-corrected chi connectivity index (χ2v) is 12.7. The van der Waals surface area contributed by atoms with Gasteiger partial charge in [0, 0.05) is 37.2 Å². The van der Waals surface area contributed by atoms with Crippen LogP contribution in [0.1, 0.15) is 39.9 Å². The summed E-state index contributed by atoms with van der Waals surface area (Å²) in [6, 6.07) is 23.4. The molecular formula is C31H36N4O5S. The number of benzene rings is 3. The van der Waals surface area contributed by atoms with Crippen molar-refractivity contribution in [1.82, 2.24) is 10.2 Å². The van der Waals surface area contributed by atoms with Gasteiger partial charge in [-0.05, 0) is 47.7 Å². The van der Waals surface area contributed by atoms with Gasteiger partial charge in [0.25, 0.3) is 5.91 Å². The molecule has 1 atom stereocenters. The van der Waals surface area contributed by atoms with Crippen molar-refractivity contribution in [1.29, 1.82) is 0 Å². The average molecular weight is 577 g/mol. The first-order valence-electron chi connectivity index (χ1n) is 13.8. The minimum absolute atomic E-state index is 0.0162. The Morgan fingerprint density at radius 2 is 1.66 bits per heavy atom. The average Bonchev–Trinajstić information content (AvgIpc) is 3.31. The van der Waals surface area contributed by atoms with Crippen molar-refractivity contribution in [2.75, 3.05) is 36.8 Å². The predicted octanol–water partition coefficient (Wildman–Crippen LogP) is 2.80. The molecule has 0 unspecified atom stereocenters. The molecule has 3 aromatic rings. The van der Waals surface area contributed by atoms with Crippen molar-refractivity contribution >= 4 is 27.5 Å². The zero-order valence-electron chi connectivity index (χ0n) is 23.2. The van der Waals surface area contributed by atoms with Crippen LogP contribution >= 0.6 is 0 Å². The summed E-state index contributed by atoms with van der Waals surface area (Å²) in [7, 11) is -3.43. The van der Waals surface area contributed by atoms with E-state index in [1.165, 1.54) is 10.6 Å². The third-order valence-electron chi connectivity index (χ3n) is 8.05. The highest BCUT2D eigenvalue weighted by atomic mass is 32.2. The molecule has 10 heteroatoms. The van der Waals surface area contributed by atoms with Crippen LogP contribution in [0.25, 0.3) is 0 Å². The molecule has 0 saturated carbocycles. The van der Waals surface area contributed by atoms with E-state index >= 15 is 0 Å². The molecule has 216 valence electrons. The van der Waals surface area contributed by atoms with Crippen LogP contribution in [-0.4, -0.2) is 63.7 Å². The van der Waals surface area contributed by atoms with E-state index in [0.29, 0.717) is 56.9 Å². The summed E-state index contributed by atoms with van der Waals surface area (Å²) >= 11 is 0. The number of carbonyl (C=O) groups is 2. The maximum atomic E-state index is 13.8. The Morgan fingerprint density at radius 3 is 2.37 bits per heavy atom. The smallest absolute Gasteiger partial charge is 0.252 e. The molecule has 1 fully saturated rings. The molecular weight excluding hydrogens is 540 g/mol. The van der Waals surface area contributed by atoms with Crippen LogP contribution in [0.15, 0.2) is 78.9 Å². The Morgan fingerprint density at radius 1 is 0.976 bits per heavy atom. The molecule has 0 bridgehead atoms. The minimum Gasteiger partial charge on any atom is -0.374 e. The van der Waals surface area contributed by atoms with Crippen molar-refractivity contribution < 1.29 is 22.7 Å². The third-order valence-corrected chi connectivity index (χ3v) is 9.17. The van der Waals surface area contributed by atoms with E-state index < -0.39 is 16.1 Å². The zero-order chi connectivity index (χ0) is 29.0. The lowest BCUT2D eigenvalue weighted by molar-refractivity contribution is -0.136. The van der Waals surface area contributed by atoms with Gasteiger partial charge in [0.1, 0.15) is 6.04 Å². The van der Waals surface area contributed by atoms with Gasteiger partial charge in [-0.3, -0.25) is 13.9 Å². The number of hydrogen-bond donors (Lipinski definition) is 2. The quantitative estimate of drug-likeness (QED) is 0.404. The van der Waals surface area contributed by atoms with Crippen LogP contribution in [0.4, 0.5) is 5.69 Å². The highest BCUT2D eigenvalue weighted by molar-refractivity contribution is 7.92. The number of para-hydroxylation sites is 1. The number of nitrogens with two attached hydrogens (primary N) is 1. The summed E-state index contributed by atoms with van der Waals surface area (Å²) in [4.78, 5) is 28.7. The van der Waals surface area contributed by atoms with E-state index in [4.69, 9.17) is 10.5 Å². The van der Waals surface area contributed by atoms with Gasteiger partial charge in [-0.1, -0.05) is 60.7 Å². The number of fused-ring (bicyclic) bond motifs is 2. The van der Waals surface area contributed by atoms with E-state index in [2.05, 4.69) is 5.32 Å². The van der Waals surface area contributed by atoms with Crippen molar-refractivity contribution in [3.63, 3.8) is 0 Å². The number of amides is 2. The Kier molecular flexibility index (Phi) is 8.44. The van der Waals surface area contributed by atoms with Crippen molar-refractivity contribution in [3.05, 3.63) is 101 Å². The van der Waals surface area contributed by atoms with Gasteiger partial charge in [0.05, 0.1) is 25.2 Å². The van der Waals surface area contributed by atoms with Gasteiger partial charge >= 0.3 is 0 Å². The lowest BCUT2D eigenvalue weighted by Crippen LogP contribution is -2.55. The number of piperidine rings is 1. The van der Waals surface area contributed by atoms with Crippen molar-refractivity contribution in [3.8, 4) is 0 Å².